The molecule has 4 atom stereocenters. The highest BCUT2D eigenvalue weighted by Gasteiger charge is 2.60. The molecule has 5 rings (SSSR count). The van der Waals surface area contributed by atoms with E-state index in [4.69, 9.17) is 11.6 Å². The zero-order chi connectivity index (χ0) is 18.0. The highest BCUT2D eigenvalue weighted by molar-refractivity contribution is 9.10. The molecule has 0 spiro atoms. The number of imide groups is 1. The van der Waals surface area contributed by atoms with Gasteiger partial charge in [-0.3, -0.25) is 14.3 Å². The van der Waals surface area contributed by atoms with Gasteiger partial charge in [0.15, 0.2) is 5.82 Å². The van der Waals surface area contributed by atoms with Crippen LogP contribution in [0.2, 0.25) is 5.02 Å². The summed E-state index contributed by atoms with van der Waals surface area (Å²) in [6, 6.07) is 7.51. The lowest BCUT2D eigenvalue weighted by Gasteiger charge is -2.14. The number of hydrogen-bond acceptors (Lipinski definition) is 3. The predicted octanol–water partition coefficient (Wildman–Crippen LogP) is 3.66. The Morgan fingerprint density at radius 3 is 2.31 bits per heavy atom. The first-order valence-corrected chi connectivity index (χ1v) is 9.73. The summed E-state index contributed by atoms with van der Waals surface area (Å²) < 4.78 is 2.37. The van der Waals surface area contributed by atoms with Gasteiger partial charge in [0, 0.05) is 11.2 Å². The molecule has 1 aromatic heterocycles. The molecule has 5 nitrogen and oxygen atoms in total. The van der Waals surface area contributed by atoms with Crippen molar-refractivity contribution in [2.75, 3.05) is 4.90 Å². The third-order valence-corrected chi connectivity index (χ3v) is 6.45. The molecule has 0 radical (unpaired) electrons. The van der Waals surface area contributed by atoms with Crippen LogP contribution in [0.15, 0.2) is 47.1 Å². The summed E-state index contributed by atoms with van der Waals surface area (Å²) >= 11 is 9.39. The van der Waals surface area contributed by atoms with Gasteiger partial charge in [-0.05, 0) is 51.9 Å². The molecule has 7 heteroatoms. The number of amides is 2. The first-order valence-electron chi connectivity index (χ1n) is 8.56. The van der Waals surface area contributed by atoms with Crippen molar-refractivity contribution in [2.45, 2.75) is 13.0 Å². The molecule has 26 heavy (non-hydrogen) atoms. The van der Waals surface area contributed by atoms with E-state index >= 15 is 0 Å². The largest absolute Gasteiger partial charge is 0.274 e. The Hall–Kier alpha value is -1.92. The van der Waals surface area contributed by atoms with Crippen LogP contribution in [0.3, 0.4) is 0 Å². The summed E-state index contributed by atoms with van der Waals surface area (Å²) in [5, 5.41) is 5.19. The number of carbonyl (C=O) groups excluding carboxylic acids is 2. The second kappa shape index (κ2) is 5.79. The van der Waals surface area contributed by atoms with Crippen molar-refractivity contribution in [3.63, 3.8) is 0 Å². The van der Waals surface area contributed by atoms with Crippen molar-refractivity contribution in [2.24, 2.45) is 23.7 Å². The van der Waals surface area contributed by atoms with Gasteiger partial charge in [0.2, 0.25) is 11.8 Å². The number of allylic oxidation sites excluding steroid dienone is 2. The zero-order valence-electron chi connectivity index (χ0n) is 13.7. The number of nitrogens with zero attached hydrogens (tertiary/aromatic N) is 3. The fraction of sp³-hybridized carbons (Fsp3) is 0.316. The highest BCUT2D eigenvalue weighted by Crippen LogP contribution is 2.53. The first-order chi connectivity index (χ1) is 12.5. The number of anilines is 1. The van der Waals surface area contributed by atoms with Crippen molar-refractivity contribution < 1.29 is 9.59 Å². The van der Waals surface area contributed by atoms with E-state index in [-0.39, 0.29) is 35.5 Å². The Morgan fingerprint density at radius 1 is 1.08 bits per heavy atom. The monoisotopic (exact) mass is 431 g/mol. The average molecular weight is 433 g/mol. The normalized spacial score (nSPS) is 29.1. The number of fused-ring (bicyclic) bond motifs is 5. The lowest BCUT2D eigenvalue weighted by molar-refractivity contribution is -0.123. The number of halogens is 2. The Kier molecular flexibility index (Phi) is 3.62. The molecule has 1 aromatic carbocycles. The van der Waals surface area contributed by atoms with Gasteiger partial charge in [-0.15, -0.1) is 0 Å². The summed E-state index contributed by atoms with van der Waals surface area (Å²) in [4.78, 5) is 27.1. The minimum Gasteiger partial charge on any atom is -0.274 e. The van der Waals surface area contributed by atoms with Gasteiger partial charge in [-0.1, -0.05) is 35.9 Å². The topological polar surface area (TPSA) is 55.2 Å². The maximum Gasteiger partial charge on any atom is 0.239 e. The molecule has 1 saturated heterocycles. The Labute approximate surface area is 163 Å². The summed E-state index contributed by atoms with van der Waals surface area (Å²) in [5.41, 5.74) is 1.04. The van der Waals surface area contributed by atoms with Crippen LogP contribution in [0.5, 0.6) is 0 Å². The molecule has 132 valence electrons. The van der Waals surface area contributed by atoms with Crippen molar-refractivity contribution in [1.29, 1.82) is 0 Å². The van der Waals surface area contributed by atoms with Crippen LogP contribution in [0.25, 0.3) is 0 Å². The Morgan fingerprint density at radius 2 is 1.69 bits per heavy atom. The molecular formula is C19H15BrClN3O2. The number of aromatic nitrogens is 2. The minimum absolute atomic E-state index is 0.116. The van der Waals surface area contributed by atoms with Gasteiger partial charge in [0.25, 0.3) is 0 Å². The Bertz CT molecular complexity index is 922. The SMILES string of the molecule is O=C1[C@@H]2[C@@H](C(=O)N1c1nn(Cc3ccc(Cl)cc3)cc1Br)[C@H]1C=C[C@@H]2C1. The second-order valence-electron chi connectivity index (χ2n) is 7.14. The molecule has 1 aliphatic heterocycles. The molecule has 2 aromatic rings. The minimum atomic E-state index is -0.217. The van der Waals surface area contributed by atoms with Crippen LogP contribution in [0, 0.1) is 23.7 Å². The molecule has 2 fully saturated rings. The van der Waals surface area contributed by atoms with Crippen molar-refractivity contribution >= 4 is 45.2 Å². The number of rotatable bonds is 3. The summed E-state index contributed by atoms with van der Waals surface area (Å²) in [6.07, 6.45) is 6.90. The maximum atomic E-state index is 12.9. The fourth-order valence-corrected chi connectivity index (χ4v) is 5.13. The fourth-order valence-electron chi connectivity index (χ4n) is 4.51. The van der Waals surface area contributed by atoms with E-state index in [1.54, 1.807) is 10.9 Å². The number of benzene rings is 1. The van der Waals surface area contributed by atoms with E-state index in [0.29, 0.717) is 21.9 Å². The van der Waals surface area contributed by atoms with Gasteiger partial charge in [-0.25, -0.2) is 4.90 Å². The third-order valence-electron chi connectivity index (χ3n) is 5.64. The molecule has 0 N–H and O–H groups in total. The van der Waals surface area contributed by atoms with E-state index in [0.717, 1.165) is 12.0 Å². The third kappa shape index (κ3) is 2.32. The van der Waals surface area contributed by atoms with Crippen molar-refractivity contribution in [3.05, 3.63) is 57.7 Å². The molecule has 2 bridgehead atoms. The highest BCUT2D eigenvalue weighted by atomic mass is 79.9. The molecule has 0 unspecified atom stereocenters. The van der Waals surface area contributed by atoms with Gasteiger partial charge < -0.3 is 0 Å². The Balaban J connectivity index is 1.44. The van der Waals surface area contributed by atoms with Crippen LogP contribution in [0.1, 0.15) is 12.0 Å². The number of carbonyl (C=O) groups is 2. The van der Waals surface area contributed by atoms with Gasteiger partial charge in [0.05, 0.1) is 22.9 Å². The smallest absolute Gasteiger partial charge is 0.239 e. The van der Waals surface area contributed by atoms with Crippen LogP contribution in [0.4, 0.5) is 5.82 Å². The first kappa shape index (κ1) is 16.3. The molecule has 3 aliphatic rings. The summed E-state index contributed by atoms with van der Waals surface area (Å²) in [6.45, 7) is 0.533. The van der Waals surface area contributed by atoms with Crippen LogP contribution in [-0.4, -0.2) is 21.6 Å². The predicted molar refractivity (Wildman–Crippen MR) is 101 cm³/mol. The van der Waals surface area contributed by atoms with E-state index in [1.807, 2.05) is 24.3 Å². The number of hydrogen-bond donors (Lipinski definition) is 0. The molecular weight excluding hydrogens is 418 g/mol. The van der Waals surface area contributed by atoms with Gasteiger partial charge >= 0.3 is 0 Å². The molecule has 1 saturated carbocycles. The summed E-state index contributed by atoms with van der Waals surface area (Å²) in [7, 11) is 0. The zero-order valence-corrected chi connectivity index (χ0v) is 16.0. The van der Waals surface area contributed by atoms with Gasteiger partial charge in [-0.2, -0.15) is 5.10 Å². The van der Waals surface area contributed by atoms with Gasteiger partial charge in [0.1, 0.15) is 0 Å². The second-order valence-corrected chi connectivity index (χ2v) is 8.43. The van der Waals surface area contributed by atoms with Crippen molar-refractivity contribution in [1.82, 2.24) is 9.78 Å². The lowest BCUT2D eigenvalue weighted by Crippen LogP contribution is -2.33. The lowest BCUT2D eigenvalue weighted by atomic mass is 9.85. The van der Waals surface area contributed by atoms with Crippen LogP contribution >= 0.6 is 27.5 Å². The van der Waals surface area contributed by atoms with E-state index in [9.17, 15) is 9.59 Å². The van der Waals surface area contributed by atoms with Crippen LogP contribution < -0.4 is 4.90 Å². The average Bonchev–Trinajstić information content (AvgIpc) is 3.35. The van der Waals surface area contributed by atoms with Crippen molar-refractivity contribution in [3.8, 4) is 0 Å². The maximum absolute atomic E-state index is 12.9. The van der Waals surface area contributed by atoms with Crippen LogP contribution in [-0.2, 0) is 16.1 Å². The standard InChI is InChI=1S/C19H15BrClN3O2/c20-14-9-23(8-10-1-5-13(21)6-2-10)22-17(14)24-18(25)15-11-3-4-12(7-11)16(15)19(24)26/h1-6,9,11-12,15-16H,7-8H2/t11-,12+,15-,16-/m0/s1. The quantitative estimate of drug-likeness (QED) is 0.549. The van der Waals surface area contributed by atoms with E-state index in [1.165, 1.54) is 4.90 Å². The van der Waals surface area contributed by atoms with E-state index in [2.05, 4.69) is 33.2 Å². The van der Waals surface area contributed by atoms with E-state index < -0.39 is 0 Å². The summed E-state index contributed by atoms with van der Waals surface area (Å²) in [5.74, 6) is 0.116. The molecule has 2 heterocycles. The molecule has 2 aliphatic carbocycles. The molecule has 2 amide bonds.